The number of alkyl halides is 3. The molecule has 200 valence electrons. The summed E-state index contributed by atoms with van der Waals surface area (Å²) in [6, 6.07) is 9.61. The van der Waals surface area contributed by atoms with Gasteiger partial charge in [-0.1, -0.05) is 12.1 Å². The molecule has 0 unspecified atom stereocenters. The fourth-order valence-corrected chi connectivity index (χ4v) is 4.38. The minimum Gasteiger partial charge on any atom is -0.420 e. The van der Waals surface area contributed by atoms with E-state index in [-0.39, 0.29) is 12.4 Å². The van der Waals surface area contributed by atoms with E-state index in [1.165, 1.54) is 18.2 Å². The van der Waals surface area contributed by atoms with Gasteiger partial charge in [0, 0.05) is 55.3 Å². The topological polar surface area (TPSA) is 113 Å². The average molecular weight is 531 g/mol. The number of carbonyl (C=O) groups excluding carboxylic acids is 1. The fraction of sp³-hybridized carbons (Fsp3) is 0.360. The molecule has 5 rings (SSSR count). The van der Waals surface area contributed by atoms with Crippen molar-refractivity contribution in [1.29, 1.82) is 0 Å². The molecule has 0 spiro atoms. The van der Waals surface area contributed by atoms with Crippen LogP contribution in [-0.4, -0.2) is 78.2 Å². The number of ether oxygens (including phenoxy) is 2. The van der Waals surface area contributed by atoms with Gasteiger partial charge in [-0.2, -0.15) is 18.2 Å². The van der Waals surface area contributed by atoms with Crippen LogP contribution in [0.5, 0.6) is 5.75 Å². The van der Waals surface area contributed by atoms with Gasteiger partial charge >= 0.3 is 12.1 Å². The second kappa shape index (κ2) is 10.8. The lowest BCUT2D eigenvalue weighted by molar-refractivity contribution is -0.189. The largest absolute Gasteiger partial charge is 0.491 e. The molecule has 2 aromatic heterocycles. The highest BCUT2D eigenvalue weighted by Gasteiger charge is 2.41. The number of anilines is 4. The maximum atomic E-state index is 12.8. The maximum Gasteiger partial charge on any atom is 0.491 e. The Labute approximate surface area is 216 Å². The first-order valence-electron chi connectivity index (χ1n) is 12.0. The minimum atomic E-state index is -5.11. The summed E-state index contributed by atoms with van der Waals surface area (Å²) in [6.07, 6.45) is -2.86. The number of pyridine rings is 1. The van der Waals surface area contributed by atoms with Crippen molar-refractivity contribution in [2.24, 2.45) is 0 Å². The third-order valence-corrected chi connectivity index (χ3v) is 6.13. The molecule has 10 nitrogen and oxygen atoms in total. The highest BCUT2D eigenvalue weighted by Crippen LogP contribution is 2.40. The molecule has 0 saturated carbocycles. The number of morpholine rings is 1. The first kappa shape index (κ1) is 25.7. The van der Waals surface area contributed by atoms with Crippen molar-refractivity contribution in [2.75, 3.05) is 61.1 Å². The van der Waals surface area contributed by atoms with E-state index in [4.69, 9.17) is 19.8 Å². The van der Waals surface area contributed by atoms with Crippen molar-refractivity contribution < 1.29 is 32.5 Å². The number of carbonyl (C=O) groups is 1. The van der Waals surface area contributed by atoms with Crippen molar-refractivity contribution in [2.45, 2.75) is 12.6 Å². The molecule has 0 amide bonds. The second-order valence-corrected chi connectivity index (χ2v) is 8.64. The van der Waals surface area contributed by atoms with Crippen LogP contribution in [-0.2, 0) is 16.0 Å². The van der Waals surface area contributed by atoms with Crippen LogP contribution in [0, 0.1) is 0 Å². The predicted molar refractivity (Wildman–Crippen MR) is 133 cm³/mol. The van der Waals surface area contributed by atoms with E-state index in [9.17, 15) is 18.0 Å². The Morgan fingerprint density at radius 3 is 2.71 bits per heavy atom. The number of rotatable bonds is 7. The van der Waals surface area contributed by atoms with Gasteiger partial charge in [0.25, 0.3) is 0 Å². The highest BCUT2D eigenvalue weighted by atomic mass is 19.4. The normalized spacial score (nSPS) is 15.4. The molecule has 1 aromatic carbocycles. The molecule has 1 saturated heterocycles. The van der Waals surface area contributed by atoms with E-state index in [0.717, 1.165) is 11.3 Å². The molecular formula is C25H25F3N6O4. The zero-order chi connectivity index (χ0) is 26.7. The van der Waals surface area contributed by atoms with Crippen molar-refractivity contribution >= 4 is 29.2 Å². The number of nitrogens with one attached hydrogen (secondary N) is 1. The van der Waals surface area contributed by atoms with Crippen LogP contribution < -0.4 is 19.9 Å². The van der Waals surface area contributed by atoms with E-state index in [2.05, 4.69) is 15.0 Å². The molecule has 38 heavy (non-hydrogen) atoms. The Kier molecular flexibility index (Phi) is 7.29. The van der Waals surface area contributed by atoms with Crippen molar-refractivity contribution in [3.8, 4) is 17.0 Å². The Balaban J connectivity index is 1.55. The van der Waals surface area contributed by atoms with Gasteiger partial charge in [-0.3, -0.25) is 0 Å². The van der Waals surface area contributed by atoms with Crippen molar-refractivity contribution in [1.82, 2.24) is 15.0 Å². The van der Waals surface area contributed by atoms with Crippen LogP contribution in [0.1, 0.15) is 5.56 Å². The molecule has 1 fully saturated rings. The van der Waals surface area contributed by atoms with Crippen LogP contribution >= 0.6 is 0 Å². The predicted octanol–water partition coefficient (Wildman–Crippen LogP) is 2.94. The quantitative estimate of drug-likeness (QED) is 0.349. The smallest absolute Gasteiger partial charge is 0.420 e. The van der Waals surface area contributed by atoms with Gasteiger partial charge in [-0.15, -0.1) is 0 Å². The Morgan fingerprint density at radius 2 is 1.95 bits per heavy atom. The molecule has 13 heteroatoms. The Hall–Kier alpha value is -3.97. The maximum absolute atomic E-state index is 12.8. The number of fused-ring (bicyclic) bond motifs is 1. The Morgan fingerprint density at radius 1 is 1.13 bits per heavy atom. The number of aromatic nitrogens is 3. The van der Waals surface area contributed by atoms with E-state index >= 15 is 0 Å². The number of halogens is 3. The summed E-state index contributed by atoms with van der Waals surface area (Å²) in [7, 11) is 0. The van der Waals surface area contributed by atoms with Gasteiger partial charge in [0.1, 0.15) is 17.4 Å². The molecule has 0 atom stereocenters. The first-order valence-corrected chi connectivity index (χ1v) is 12.0. The minimum absolute atomic E-state index is 0.0324. The lowest BCUT2D eigenvalue weighted by Gasteiger charge is -2.28. The van der Waals surface area contributed by atoms with Gasteiger partial charge in [0.15, 0.2) is 0 Å². The van der Waals surface area contributed by atoms with Crippen LogP contribution in [0.25, 0.3) is 11.3 Å². The molecular weight excluding hydrogens is 505 g/mol. The molecule has 0 aliphatic carbocycles. The van der Waals surface area contributed by atoms with Gasteiger partial charge in [0.2, 0.25) is 5.95 Å². The number of aliphatic hydroxyl groups is 1. The van der Waals surface area contributed by atoms with Crippen molar-refractivity contribution in [3.63, 3.8) is 0 Å². The number of nitrogens with zero attached hydrogens (tertiary/aromatic N) is 5. The number of hydrogen-bond acceptors (Lipinski definition) is 10. The molecule has 2 N–H and O–H groups in total. The molecule has 4 heterocycles. The van der Waals surface area contributed by atoms with Crippen molar-refractivity contribution in [3.05, 3.63) is 48.2 Å². The van der Waals surface area contributed by atoms with E-state index in [1.54, 1.807) is 12.3 Å². The summed E-state index contributed by atoms with van der Waals surface area (Å²) in [5, 5.41) is 12.2. The summed E-state index contributed by atoms with van der Waals surface area (Å²) in [4.78, 5) is 29.4. The molecule has 2 aliphatic rings. The monoisotopic (exact) mass is 530 g/mol. The highest BCUT2D eigenvalue weighted by molar-refractivity contribution is 5.80. The Bertz CT molecular complexity index is 1320. The van der Waals surface area contributed by atoms with Crippen LogP contribution in [0.2, 0.25) is 0 Å². The zero-order valence-electron chi connectivity index (χ0n) is 20.2. The fourth-order valence-electron chi connectivity index (χ4n) is 4.38. The van der Waals surface area contributed by atoms with E-state index in [0.29, 0.717) is 74.7 Å². The molecule has 0 radical (unpaired) electrons. The first-order chi connectivity index (χ1) is 18.3. The second-order valence-electron chi connectivity index (χ2n) is 8.64. The molecule has 2 aliphatic heterocycles. The molecule has 0 bridgehead atoms. The SMILES string of the molecule is O=C(Oc1cccc(-c2nc(N3CCOCC3)nc3c2CCN3c2ccnc(NCCO)c2)c1)C(F)(F)F. The zero-order valence-corrected chi connectivity index (χ0v) is 20.2. The van der Waals surface area contributed by atoms with Crippen LogP contribution in [0.3, 0.4) is 0 Å². The number of benzene rings is 1. The van der Waals surface area contributed by atoms with Gasteiger partial charge in [0.05, 0.1) is 25.5 Å². The standard InChI is InChI=1S/C25H25F3N6O4/c26-25(27,28)23(36)38-18-3-1-2-16(14-18)21-19-5-8-34(17-4-6-29-20(15-17)30-7-11-35)22(19)32-24(31-21)33-9-12-37-13-10-33/h1-4,6,14-15,35H,5,7-13H2,(H,29,30). The summed E-state index contributed by atoms with van der Waals surface area (Å²) in [5.74, 6) is -0.764. The third kappa shape index (κ3) is 5.48. The van der Waals surface area contributed by atoms with E-state index < -0.39 is 12.1 Å². The number of esters is 1. The summed E-state index contributed by atoms with van der Waals surface area (Å²) in [6.45, 7) is 3.14. The van der Waals surface area contributed by atoms with Crippen LogP contribution in [0.4, 0.5) is 36.4 Å². The average Bonchev–Trinajstić information content (AvgIpc) is 3.36. The van der Waals surface area contributed by atoms with Gasteiger partial charge in [-0.25, -0.2) is 14.8 Å². The number of aliphatic hydroxyl groups excluding tert-OH is 1. The van der Waals surface area contributed by atoms with Gasteiger partial charge in [-0.05, 0) is 24.6 Å². The lowest BCUT2D eigenvalue weighted by Crippen LogP contribution is -2.37. The lowest BCUT2D eigenvalue weighted by atomic mass is 10.1. The summed E-state index contributed by atoms with van der Waals surface area (Å²) >= 11 is 0. The number of hydrogen-bond donors (Lipinski definition) is 2. The summed E-state index contributed by atoms with van der Waals surface area (Å²) in [5.41, 5.74) is 2.72. The molecule has 3 aromatic rings. The van der Waals surface area contributed by atoms with E-state index in [1.807, 2.05) is 21.9 Å². The van der Waals surface area contributed by atoms with Gasteiger partial charge < -0.3 is 29.7 Å². The third-order valence-electron chi connectivity index (χ3n) is 6.13. The van der Waals surface area contributed by atoms with Crippen LogP contribution in [0.15, 0.2) is 42.6 Å². The summed E-state index contributed by atoms with van der Waals surface area (Å²) < 4.78 is 48.3.